The van der Waals surface area contributed by atoms with Gasteiger partial charge in [0, 0.05) is 11.3 Å². The summed E-state index contributed by atoms with van der Waals surface area (Å²) >= 11 is 1.77. The first-order chi connectivity index (χ1) is 6.53. The van der Waals surface area contributed by atoms with E-state index in [-0.39, 0.29) is 6.04 Å². The Morgan fingerprint density at radius 1 is 1.36 bits per heavy atom. The minimum atomic E-state index is -4.08. The van der Waals surface area contributed by atoms with E-state index in [0.29, 0.717) is 5.25 Å². The Hall–Kier alpha value is 0.100. The molecule has 0 heterocycles. The third-order valence-electron chi connectivity index (χ3n) is 2.40. The van der Waals surface area contributed by atoms with Gasteiger partial charge in [-0.15, -0.1) is 0 Å². The molecule has 0 radical (unpaired) electrons. The van der Waals surface area contributed by atoms with Gasteiger partial charge >= 0.3 is 6.18 Å². The monoisotopic (exact) mass is 227 g/mol. The van der Waals surface area contributed by atoms with E-state index >= 15 is 0 Å². The number of hydrogen-bond acceptors (Lipinski definition) is 2. The van der Waals surface area contributed by atoms with Crippen LogP contribution < -0.4 is 5.32 Å². The maximum atomic E-state index is 12.0. The Labute approximate surface area is 86.8 Å². The number of rotatable bonds is 4. The standard InChI is InChI=1S/C9H16F3NS/c1-2-14-8-5-3-4-7(8)13-6-9(10,11)12/h7-8,13H,2-6H2,1H3. The van der Waals surface area contributed by atoms with Gasteiger partial charge in [-0.25, -0.2) is 0 Å². The molecule has 1 N–H and O–H groups in total. The second-order valence-corrected chi connectivity index (χ2v) is 5.04. The quantitative estimate of drug-likeness (QED) is 0.792. The molecular formula is C9H16F3NS. The summed E-state index contributed by atoms with van der Waals surface area (Å²) in [6.07, 6.45) is -1.10. The summed E-state index contributed by atoms with van der Waals surface area (Å²) < 4.78 is 35.9. The molecule has 0 aromatic heterocycles. The van der Waals surface area contributed by atoms with Crippen molar-refractivity contribution in [1.82, 2.24) is 5.32 Å². The summed E-state index contributed by atoms with van der Waals surface area (Å²) in [5.41, 5.74) is 0. The molecule has 2 atom stereocenters. The van der Waals surface area contributed by atoms with Crippen LogP contribution in [-0.2, 0) is 0 Å². The molecule has 1 fully saturated rings. The average molecular weight is 227 g/mol. The van der Waals surface area contributed by atoms with Crippen molar-refractivity contribution in [2.24, 2.45) is 0 Å². The van der Waals surface area contributed by atoms with Gasteiger partial charge in [0.15, 0.2) is 0 Å². The Morgan fingerprint density at radius 3 is 2.64 bits per heavy atom. The van der Waals surface area contributed by atoms with Crippen LogP contribution in [0.15, 0.2) is 0 Å². The summed E-state index contributed by atoms with van der Waals surface area (Å²) in [5.74, 6) is 0.981. The Morgan fingerprint density at radius 2 is 2.07 bits per heavy atom. The van der Waals surface area contributed by atoms with E-state index in [2.05, 4.69) is 5.32 Å². The second-order valence-electron chi connectivity index (χ2n) is 3.53. The highest BCUT2D eigenvalue weighted by Crippen LogP contribution is 2.30. The fourth-order valence-electron chi connectivity index (χ4n) is 1.82. The van der Waals surface area contributed by atoms with Gasteiger partial charge in [0.25, 0.3) is 0 Å². The zero-order valence-corrected chi connectivity index (χ0v) is 9.05. The molecule has 5 heteroatoms. The Bertz CT molecular complexity index is 172. The zero-order valence-electron chi connectivity index (χ0n) is 8.23. The fraction of sp³-hybridized carbons (Fsp3) is 1.00. The lowest BCUT2D eigenvalue weighted by molar-refractivity contribution is -0.126. The second kappa shape index (κ2) is 5.26. The molecule has 1 aliphatic carbocycles. The van der Waals surface area contributed by atoms with E-state index in [1.165, 1.54) is 0 Å². The average Bonchev–Trinajstić information content (AvgIpc) is 2.48. The van der Waals surface area contributed by atoms with E-state index in [0.717, 1.165) is 25.0 Å². The number of thioether (sulfide) groups is 1. The number of hydrogen-bond donors (Lipinski definition) is 1. The molecule has 2 unspecified atom stereocenters. The van der Waals surface area contributed by atoms with Crippen LogP contribution in [0.1, 0.15) is 26.2 Å². The van der Waals surface area contributed by atoms with E-state index in [1.807, 2.05) is 6.92 Å². The van der Waals surface area contributed by atoms with Crippen molar-refractivity contribution in [3.8, 4) is 0 Å². The normalized spacial score (nSPS) is 28.3. The predicted molar refractivity (Wildman–Crippen MR) is 53.6 cm³/mol. The lowest BCUT2D eigenvalue weighted by atomic mass is 10.2. The number of nitrogens with one attached hydrogen (secondary N) is 1. The van der Waals surface area contributed by atoms with Crippen LogP contribution in [0.5, 0.6) is 0 Å². The molecule has 0 saturated heterocycles. The van der Waals surface area contributed by atoms with Gasteiger partial charge < -0.3 is 5.32 Å². The largest absolute Gasteiger partial charge is 0.401 e. The van der Waals surface area contributed by atoms with Crippen LogP contribution in [0, 0.1) is 0 Å². The first kappa shape index (κ1) is 12.2. The molecule has 0 aromatic carbocycles. The summed E-state index contributed by atoms with van der Waals surface area (Å²) in [4.78, 5) is 0. The Kier molecular flexibility index (Phi) is 4.57. The van der Waals surface area contributed by atoms with Crippen molar-refractivity contribution in [3.05, 3.63) is 0 Å². The van der Waals surface area contributed by atoms with Crippen molar-refractivity contribution in [2.45, 2.75) is 43.7 Å². The third kappa shape index (κ3) is 4.09. The molecular weight excluding hydrogens is 211 g/mol. The molecule has 0 bridgehead atoms. The Balaban J connectivity index is 2.29. The van der Waals surface area contributed by atoms with Gasteiger partial charge in [-0.2, -0.15) is 24.9 Å². The number of halogens is 3. The molecule has 1 rings (SSSR count). The van der Waals surface area contributed by atoms with Crippen molar-refractivity contribution < 1.29 is 13.2 Å². The molecule has 84 valence electrons. The zero-order chi connectivity index (χ0) is 10.6. The maximum Gasteiger partial charge on any atom is 0.401 e. The first-order valence-corrected chi connectivity index (χ1v) is 5.99. The topological polar surface area (TPSA) is 12.0 Å². The van der Waals surface area contributed by atoms with Crippen LogP contribution in [0.25, 0.3) is 0 Å². The molecule has 0 aromatic rings. The van der Waals surface area contributed by atoms with Gasteiger partial charge in [-0.05, 0) is 18.6 Å². The fourth-order valence-corrected chi connectivity index (χ4v) is 3.05. The minimum Gasteiger partial charge on any atom is -0.305 e. The molecule has 1 aliphatic rings. The van der Waals surface area contributed by atoms with Crippen molar-refractivity contribution in [2.75, 3.05) is 12.3 Å². The van der Waals surface area contributed by atoms with E-state index in [4.69, 9.17) is 0 Å². The SMILES string of the molecule is CCSC1CCCC1NCC(F)(F)F. The van der Waals surface area contributed by atoms with E-state index < -0.39 is 12.7 Å². The summed E-state index contributed by atoms with van der Waals surface area (Å²) in [6, 6.07) is 0.0570. The summed E-state index contributed by atoms with van der Waals surface area (Å²) in [7, 11) is 0. The van der Waals surface area contributed by atoms with Crippen molar-refractivity contribution >= 4 is 11.8 Å². The van der Waals surface area contributed by atoms with Gasteiger partial charge in [-0.3, -0.25) is 0 Å². The van der Waals surface area contributed by atoms with Crippen molar-refractivity contribution in [1.29, 1.82) is 0 Å². The lowest BCUT2D eigenvalue weighted by Gasteiger charge is -2.20. The van der Waals surface area contributed by atoms with Gasteiger partial charge in [0.2, 0.25) is 0 Å². The smallest absolute Gasteiger partial charge is 0.305 e. The molecule has 0 amide bonds. The van der Waals surface area contributed by atoms with Crippen LogP contribution in [0.2, 0.25) is 0 Å². The first-order valence-electron chi connectivity index (χ1n) is 4.94. The maximum absolute atomic E-state index is 12.0. The highest BCUT2D eigenvalue weighted by molar-refractivity contribution is 7.99. The predicted octanol–water partition coefficient (Wildman–Crippen LogP) is 2.81. The van der Waals surface area contributed by atoms with Crippen molar-refractivity contribution in [3.63, 3.8) is 0 Å². The van der Waals surface area contributed by atoms with E-state index in [9.17, 15) is 13.2 Å². The number of alkyl halides is 3. The minimum absolute atomic E-state index is 0.0570. The van der Waals surface area contributed by atoms with Crippen LogP contribution in [-0.4, -0.2) is 29.8 Å². The van der Waals surface area contributed by atoms with E-state index in [1.54, 1.807) is 11.8 Å². The molecule has 14 heavy (non-hydrogen) atoms. The summed E-state index contributed by atoms with van der Waals surface area (Å²) in [5, 5.41) is 2.99. The van der Waals surface area contributed by atoms with Crippen LogP contribution in [0.4, 0.5) is 13.2 Å². The highest BCUT2D eigenvalue weighted by atomic mass is 32.2. The van der Waals surface area contributed by atoms with Gasteiger partial charge in [0.1, 0.15) is 0 Å². The molecule has 1 nitrogen and oxygen atoms in total. The van der Waals surface area contributed by atoms with Crippen LogP contribution in [0.3, 0.4) is 0 Å². The lowest BCUT2D eigenvalue weighted by Crippen LogP contribution is -2.40. The summed E-state index contributed by atoms with van der Waals surface area (Å²) in [6.45, 7) is 1.20. The van der Waals surface area contributed by atoms with Crippen LogP contribution >= 0.6 is 11.8 Å². The molecule has 0 spiro atoms. The molecule has 0 aliphatic heterocycles. The van der Waals surface area contributed by atoms with Gasteiger partial charge in [0.05, 0.1) is 6.54 Å². The highest BCUT2D eigenvalue weighted by Gasteiger charge is 2.32. The third-order valence-corrected chi connectivity index (χ3v) is 3.72. The van der Waals surface area contributed by atoms with Gasteiger partial charge in [-0.1, -0.05) is 13.3 Å². The molecule has 1 saturated carbocycles.